The molecule has 0 aliphatic carbocycles. The fraction of sp³-hybridized carbons (Fsp3) is 0.0750. The van der Waals surface area contributed by atoms with Crippen molar-refractivity contribution in [3.8, 4) is 0 Å². The fourth-order valence-electron chi connectivity index (χ4n) is 10.2. The van der Waals surface area contributed by atoms with Gasteiger partial charge in [-0.25, -0.2) is 0 Å². The van der Waals surface area contributed by atoms with E-state index in [0.717, 1.165) is 69.0 Å². The van der Waals surface area contributed by atoms with Crippen LogP contribution >= 0.6 is 0 Å². The molecular formula is C80H70N2. The Hall–Kier alpha value is -10.0. The molecule has 0 N–H and O–H groups in total. The number of benzene rings is 10. The van der Waals surface area contributed by atoms with Crippen LogP contribution in [0.4, 0.5) is 34.1 Å². The van der Waals surface area contributed by atoms with Gasteiger partial charge in [0, 0.05) is 22.7 Å². The van der Waals surface area contributed by atoms with Crippen LogP contribution in [0.25, 0.3) is 60.8 Å². The first-order valence-corrected chi connectivity index (χ1v) is 28.6. The van der Waals surface area contributed by atoms with Gasteiger partial charge in [-0.1, -0.05) is 293 Å². The molecule has 0 heterocycles. The van der Waals surface area contributed by atoms with Crippen molar-refractivity contribution >= 4 is 94.9 Å². The van der Waals surface area contributed by atoms with Crippen molar-refractivity contribution in [2.75, 3.05) is 9.80 Å². The van der Waals surface area contributed by atoms with Crippen molar-refractivity contribution in [3.63, 3.8) is 0 Å². The lowest BCUT2D eigenvalue weighted by Gasteiger charge is -2.29. The maximum atomic E-state index is 2.41. The predicted molar refractivity (Wildman–Crippen MR) is 359 cm³/mol. The number of hydrogen-bond acceptors (Lipinski definition) is 2. The summed E-state index contributed by atoms with van der Waals surface area (Å²) in [5.74, 6) is 0. The molecule has 10 aromatic rings. The molecule has 0 bridgehead atoms. The number of hydrogen-bond donors (Lipinski definition) is 0. The third-order valence-corrected chi connectivity index (χ3v) is 14.7. The maximum absolute atomic E-state index is 2.41. The second-order valence-corrected chi connectivity index (χ2v) is 20.5. The van der Waals surface area contributed by atoms with Crippen molar-refractivity contribution in [3.05, 3.63) is 345 Å². The summed E-state index contributed by atoms with van der Waals surface area (Å²) in [6.07, 6.45) is 31.9. The monoisotopic (exact) mass is 1060 g/mol. The number of anilines is 6. The number of nitrogens with zero attached hydrogens (tertiary/aromatic N) is 2. The summed E-state index contributed by atoms with van der Waals surface area (Å²) in [6, 6.07) is 87.0. The number of aryl methyl sites for hydroxylation is 4. The van der Waals surface area contributed by atoms with Crippen LogP contribution in [0.5, 0.6) is 0 Å². The van der Waals surface area contributed by atoms with Crippen LogP contribution < -0.4 is 9.80 Å². The summed E-state index contributed by atoms with van der Waals surface area (Å²) >= 11 is 0. The van der Waals surface area contributed by atoms with E-state index in [0.29, 0.717) is 0 Å². The molecule has 0 aromatic heterocycles. The van der Waals surface area contributed by atoms with Crippen LogP contribution in [-0.4, -0.2) is 0 Å². The molecule has 0 saturated heterocycles. The van der Waals surface area contributed by atoms with Gasteiger partial charge in [-0.15, -0.1) is 0 Å². The van der Waals surface area contributed by atoms with Gasteiger partial charge < -0.3 is 9.80 Å². The van der Waals surface area contributed by atoms with E-state index in [2.05, 4.69) is 353 Å². The Labute approximate surface area is 487 Å². The van der Waals surface area contributed by atoms with Crippen molar-refractivity contribution in [2.24, 2.45) is 0 Å². The molecule has 0 aliphatic heterocycles. The summed E-state index contributed by atoms with van der Waals surface area (Å²) in [6.45, 7) is 8.91. The largest absolute Gasteiger partial charge is 0.310 e. The van der Waals surface area contributed by atoms with Gasteiger partial charge in [0.1, 0.15) is 0 Å². The Morgan fingerprint density at radius 2 is 0.451 bits per heavy atom. The highest BCUT2D eigenvalue weighted by molar-refractivity contribution is 5.85. The molecule has 400 valence electrons. The predicted octanol–water partition coefficient (Wildman–Crippen LogP) is 22.3. The van der Waals surface area contributed by atoms with Crippen LogP contribution in [0, 0.1) is 13.8 Å². The number of rotatable bonds is 20. The summed E-state index contributed by atoms with van der Waals surface area (Å²) in [5.41, 5.74) is 23.7. The van der Waals surface area contributed by atoms with E-state index >= 15 is 0 Å². The topological polar surface area (TPSA) is 6.48 Å². The summed E-state index contributed by atoms with van der Waals surface area (Å²) in [4.78, 5) is 4.82. The molecule has 82 heavy (non-hydrogen) atoms. The average Bonchev–Trinajstić information content (AvgIpc) is 3.73. The molecule has 2 nitrogen and oxygen atoms in total. The first-order chi connectivity index (χ1) is 40.4. The van der Waals surface area contributed by atoms with Crippen molar-refractivity contribution in [1.82, 2.24) is 0 Å². The normalized spacial score (nSPS) is 11.9. The Morgan fingerprint density at radius 3 is 0.695 bits per heavy atom. The van der Waals surface area contributed by atoms with Gasteiger partial charge >= 0.3 is 0 Å². The van der Waals surface area contributed by atoms with E-state index < -0.39 is 0 Å². The average molecular weight is 1060 g/mol. The first-order valence-electron chi connectivity index (χ1n) is 28.6. The quantitative estimate of drug-likeness (QED) is 0.0554. The molecule has 0 spiro atoms. The zero-order chi connectivity index (χ0) is 56.3. The Balaban J connectivity index is 0.822. The number of para-hydroxylation sites is 2. The highest BCUT2D eigenvalue weighted by Crippen LogP contribution is 2.41. The smallest absolute Gasteiger partial charge is 0.0522 e. The zero-order valence-electron chi connectivity index (χ0n) is 47.5. The lowest BCUT2D eigenvalue weighted by Crippen LogP contribution is -2.13. The van der Waals surface area contributed by atoms with Crippen LogP contribution in [0.1, 0.15) is 91.7 Å². The van der Waals surface area contributed by atoms with Crippen molar-refractivity contribution in [1.29, 1.82) is 0 Å². The minimum Gasteiger partial charge on any atom is -0.310 e. The third kappa shape index (κ3) is 14.6. The maximum Gasteiger partial charge on any atom is 0.0522 e. The SMILES string of the molecule is CCc1cccc(C)c1N(c1ccc(/C=C/c2ccc(/C=C/C=C/c3ccccc3)cc2)cc1)c1ccc(/C=C/c2ccc(N(c3ccc(/C=C/c4ccc(/C=C/C=C/c5ccccc5)cc4)cc3)c3c(C)cccc3CC)cc2)cc1. The Kier molecular flexibility index (Phi) is 18.7. The second-order valence-electron chi connectivity index (χ2n) is 20.5. The Bertz CT molecular complexity index is 3610. The summed E-state index contributed by atoms with van der Waals surface area (Å²) in [5, 5.41) is 0. The molecule has 0 saturated carbocycles. The standard InChI is InChI=1S/C80H70N2/c1-5-73-29-17-19-61(3)79(73)81(75-53-45-69(46-54-75)41-39-67-35-31-65(32-36-67)27-15-13-25-63-21-9-7-10-22-63)77-57-49-71(50-58-77)43-44-72-51-59-78(60-52-72)82(80-62(4)20-18-30-74(80)6-2)76-55-47-70(48-56-76)42-40-68-37-33-66(34-38-68)28-16-14-26-64-23-11-8-12-24-64/h7-60H,5-6H2,1-4H3/b25-13+,26-14+,27-15+,28-16+,41-39+,42-40+,44-43+. The van der Waals surface area contributed by atoms with Gasteiger partial charge in [0.05, 0.1) is 11.4 Å². The van der Waals surface area contributed by atoms with Crippen LogP contribution in [0.3, 0.4) is 0 Å². The molecule has 0 fully saturated rings. The van der Waals surface area contributed by atoms with Gasteiger partial charge in [0.15, 0.2) is 0 Å². The molecule has 0 atom stereocenters. The lowest BCUT2D eigenvalue weighted by atomic mass is 10.0. The number of allylic oxidation sites excluding steroid dienone is 4. The first kappa shape index (κ1) is 55.3. The second kappa shape index (κ2) is 27.7. The van der Waals surface area contributed by atoms with E-state index in [1.807, 2.05) is 12.1 Å². The highest BCUT2D eigenvalue weighted by atomic mass is 15.2. The summed E-state index contributed by atoms with van der Waals surface area (Å²) in [7, 11) is 0. The van der Waals surface area contributed by atoms with E-state index in [1.54, 1.807) is 0 Å². The van der Waals surface area contributed by atoms with Crippen LogP contribution in [-0.2, 0) is 12.8 Å². The molecule has 0 radical (unpaired) electrons. The van der Waals surface area contributed by atoms with Gasteiger partial charge in [0.25, 0.3) is 0 Å². The molecule has 10 rings (SSSR count). The van der Waals surface area contributed by atoms with E-state index in [9.17, 15) is 0 Å². The van der Waals surface area contributed by atoms with Gasteiger partial charge in [-0.3, -0.25) is 0 Å². The van der Waals surface area contributed by atoms with E-state index in [4.69, 9.17) is 0 Å². The van der Waals surface area contributed by atoms with Crippen molar-refractivity contribution < 1.29 is 0 Å². The summed E-state index contributed by atoms with van der Waals surface area (Å²) < 4.78 is 0. The lowest BCUT2D eigenvalue weighted by molar-refractivity contribution is 1.10. The minimum absolute atomic E-state index is 0.934. The van der Waals surface area contributed by atoms with Crippen LogP contribution in [0.2, 0.25) is 0 Å². The van der Waals surface area contributed by atoms with Crippen LogP contribution in [0.15, 0.2) is 267 Å². The minimum atomic E-state index is 0.934. The van der Waals surface area contributed by atoms with Gasteiger partial charge in [-0.2, -0.15) is 0 Å². The molecule has 0 aliphatic rings. The van der Waals surface area contributed by atoms with Gasteiger partial charge in [-0.05, 0) is 153 Å². The van der Waals surface area contributed by atoms with Gasteiger partial charge in [0.2, 0.25) is 0 Å². The van der Waals surface area contributed by atoms with Crippen molar-refractivity contribution in [2.45, 2.75) is 40.5 Å². The molecule has 0 amide bonds. The highest BCUT2D eigenvalue weighted by Gasteiger charge is 2.19. The Morgan fingerprint density at radius 1 is 0.232 bits per heavy atom. The van der Waals surface area contributed by atoms with E-state index in [1.165, 1.54) is 55.9 Å². The molecular weight excluding hydrogens is 989 g/mol. The third-order valence-electron chi connectivity index (χ3n) is 14.7. The zero-order valence-corrected chi connectivity index (χ0v) is 47.5. The molecule has 10 aromatic carbocycles. The fourth-order valence-corrected chi connectivity index (χ4v) is 10.2. The molecule has 0 unspecified atom stereocenters. The van der Waals surface area contributed by atoms with E-state index in [-0.39, 0.29) is 0 Å². The molecule has 2 heteroatoms.